The molecule has 0 amide bonds. The van der Waals surface area contributed by atoms with Crippen molar-refractivity contribution in [3.63, 3.8) is 0 Å². The largest absolute Gasteiger partial charge is 0.502 e. The molecule has 0 aromatic carbocycles. The highest BCUT2D eigenvalue weighted by molar-refractivity contribution is 6.93. The fourth-order valence-electron chi connectivity index (χ4n) is 4.82. The van der Waals surface area contributed by atoms with Crippen molar-refractivity contribution in [2.45, 2.75) is 76.8 Å². The summed E-state index contributed by atoms with van der Waals surface area (Å²) in [4.78, 5) is 0. The summed E-state index contributed by atoms with van der Waals surface area (Å²) in [6.45, 7) is 21.5. The maximum Gasteiger partial charge on any atom is 0.502 e. The fourth-order valence-corrected chi connectivity index (χ4v) is 22.9. The van der Waals surface area contributed by atoms with Gasteiger partial charge in [-0.05, 0) is 63.7 Å². The first-order valence-electron chi connectivity index (χ1n) is 10.4. The summed E-state index contributed by atoms with van der Waals surface area (Å²) in [6, 6.07) is 2.66. The van der Waals surface area contributed by atoms with Gasteiger partial charge in [0, 0.05) is 26.5 Å². The predicted molar refractivity (Wildman–Crippen MR) is 125 cm³/mol. The minimum Gasteiger partial charge on any atom is -0.455 e. The predicted octanol–water partition coefficient (Wildman–Crippen LogP) is 4.77. The second-order valence-corrected chi connectivity index (χ2v) is 27.5. The minimum absolute atomic E-state index is 0.197. The highest BCUT2D eigenvalue weighted by atomic mass is 28.5. The molecule has 0 aromatic heterocycles. The smallest absolute Gasteiger partial charge is 0.455 e. The van der Waals surface area contributed by atoms with Gasteiger partial charge in [-0.15, -0.1) is 0 Å². The van der Waals surface area contributed by atoms with Crippen molar-refractivity contribution >= 4 is 33.7 Å². The van der Waals surface area contributed by atoms with Gasteiger partial charge in [0.05, 0.1) is 0 Å². The maximum absolute atomic E-state index is 6.90. The third kappa shape index (κ3) is 6.58. The van der Waals surface area contributed by atoms with Crippen LogP contribution in [0.3, 0.4) is 0 Å². The average molecular weight is 452 g/mol. The van der Waals surface area contributed by atoms with Crippen LogP contribution in [0.2, 0.25) is 56.5 Å². The molecule has 0 radical (unpaired) electrons. The quantitative estimate of drug-likeness (QED) is 0.423. The van der Waals surface area contributed by atoms with Gasteiger partial charge in [-0.25, -0.2) is 0 Å². The van der Waals surface area contributed by atoms with E-state index in [1.807, 2.05) is 0 Å². The van der Waals surface area contributed by atoms with Gasteiger partial charge in [0.1, 0.15) is 8.24 Å². The van der Waals surface area contributed by atoms with Gasteiger partial charge in [-0.1, -0.05) is 26.9 Å². The molecule has 1 heterocycles. The van der Waals surface area contributed by atoms with Crippen LogP contribution in [-0.4, -0.2) is 72.7 Å². The summed E-state index contributed by atoms with van der Waals surface area (Å²) >= 11 is 0. The van der Waals surface area contributed by atoms with Crippen LogP contribution in [0, 0.1) is 5.92 Å². The van der Waals surface area contributed by atoms with Crippen LogP contribution in [0.1, 0.15) is 20.3 Å². The van der Waals surface area contributed by atoms with Crippen LogP contribution in [0.4, 0.5) is 0 Å². The van der Waals surface area contributed by atoms with E-state index in [-0.39, 0.29) is 5.16 Å². The molecule has 0 saturated carbocycles. The Bertz CT molecular complexity index is 464. The molecule has 0 spiro atoms. The first kappa shape index (κ1) is 25.7. The van der Waals surface area contributed by atoms with Crippen molar-refractivity contribution in [1.29, 1.82) is 0 Å². The van der Waals surface area contributed by atoms with Crippen molar-refractivity contribution in [3.05, 3.63) is 0 Å². The Kier molecular flexibility index (Phi) is 9.19. The van der Waals surface area contributed by atoms with Crippen LogP contribution in [0.15, 0.2) is 0 Å². The normalized spacial score (nSPS) is 23.0. The third-order valence-electron chi connectivity index (χ3n) is 6.41. The van der Waals surface area contributed by atoms with Crippen molar-refractivity contribution in [1.82, 2.24) is 4.57 Å². The summed E-state index contributed by atoms with van der Waals surface area (Å²) in [7, 11) is -2.51. The van der Waals surface area contributed by atoms with Crippen molar-refractivity contribution < 1.29 is 17.4 Å². The molecule has 0 aliphatic carbocycles. The van der Waals surface area contributed by atoms with E-state index in [0.29, 0.717) is 0 Å². The molecule has 1 aliphatic heterocycles. The molecule has 9 heteroatoms. The summed E-state index contributed by atoms with van der Waals surface area (Å²) in [5.74, 6) is 0.871. The Balaban J connectivity index is 2.67. The monoisotopic (exact) mass is 451 g/mol. The second kappa shape index (κ2) is 9.65. The number of rotatable bonds is 11. The van der Waals surface area contributed by atoms with E-state index in [1.165, 1.54) is 31.6 Å². The second-order valence-electron chi connectivity index (χ2n) is 10.1. The molecule has 0 aromatic rings. The first-order chi connectivity index (χ1) is 12.2. The van der Waals surface area contributed by atoms with Crippen LogP contribution >= 0.6 is 0 Å². The van der Waals surface area contributed by atoms with Gasteiger partial charge in [-0.3, -0.25) is 0 Å². The molecule has 2 atom stereocenters. The number of hydrogen-bond donors (Lipinski definition) is 0. The zero-order chi connectivity index (χ0) is 21.1. The van der Waals surface area contributed by atoms with Crippen LogP contribution in [0.25, 0.3) is 0 Å². The van der Waals surface area contributed by atoms with Gasteiger partial charge < -0.3 is 22.0 Å². The Morgan fingerprint density at radius 1 is 1.04 bits per heavy atom. The topological polar surface area (TPSA) is 40.2 Å². The van der Waals surface area contributed by atoms with Crippen molar-refractivity contribution in [3.8, 4) is 0 Å². The molecule has 2 unspecified atom stereocenters. The summed E-state index contributed by atoms with van der Waals surface area (Å²) < 4.78 is 26.9. The molecular weight excluding hydrogens is 407 g/mol. The van der Waals surface area contributed by atoms with E-state index in [0.717, 1.165) is 5.92 Å². The van der Waals surface area contributed by atoms with Crippen molar-refractivity contribution in [2.75, 3.05) is 34.4 Å². The fraction of sp³-hybridized carbons (Fsp3) is 1.00. The van der Waals surface area contributed by atoms with E-state index in [2.05, 4.69) is 57.7 Å². The Hall–Kier alpha value is 0.668. The number of nitrogens with zero attached hydrogens (tertiary/aromatic N) is 1. The summed E-state index contributed by atoms with van der Waals surface area (Å²) in [6.07, 6.45) is 1.25. The highest BCUT2D eigenvalue weighted by Crippen LogP contribution is 2.37. The van der Waals surface area contributed by atoms with E-state index >= 15 is 0 Å². The molecule has 0 bridgehead atoms. The maximum atomic E-state index is 6.90. The Morgan fingerprint density at radius 3 is 1.96 bits per heavy atom. The van der Waals surface area contributed by atoms with E-state index in [1.54, 1.807) is 21.3 Å². The zero-order valence-electron chi connectivity index (χ0n) is 19.8. The van der Waals surface area contributed by atoms with Crippen molar-refractivity contribution in [2.24, 2.45) is 5.92 Å². The lowest BCUT2D eigenvalue weighted by molar-refractivity contribution is 0.119. The molecule has 162 valence electrons. The van der Waals surface area contributed by atoms with Gasteiger partial charge in [0.25, 0.3) is 0 Å². The lowest BCUT2D eigenvalue weighted by Gasteiger charge is -2.42. The Morgan fingerprint density at radius 2 is 1.56 bits per heavy atom. The van der Waals surface area contributed by atoms with Crippen LogP contribution < -0.4 is 0 Å². The van der Waals surface area contributed by atoms with Gasteiger partial charge in [0.15, 0.2) is 16.6 Å². The molecule has 5 nitrogen and oxygen atoms in total. The first-order valence-corrected chi connectivity index (χ1v) is 21.4. The molecule has 1 rings (SSSR count). The lowest BCUT2D eigenvalue weighted by Crippen LogP contribution is -2.59. The minimum atomic E-state index is -2.68. The van der Waals surface area contributed by atoms with Crippen LogP contribution in [0.5, 0.6) is 0 Å². The SMILES string of the molecule is CO[Si](OC)(OC)C(C)[Si](C)(C)O[Si](C)(C)CCCN1CC(C)C[Si]1(C)C. The highest BCUT2D eigenvalue weighted by Gasteiger charge is 2.54. The average Bonchev–Trinajstić information content (AvgIpc) is 2.80. The van der Waals surface area contributed by atoms with E-state index < -0.39 is 33.7 Å². The molecule has 1 saturated heterocycles. The van der Waals surface area contributed by atoms with Gasteiger partial charge in [-0.2, -0.15) is 0 Å². The zero-order valence-corrected chi connectivity index (χ0v) is 23.8. The molecular formula is C18H45NO4Si4. The molecule has 1 fully saturated rings. The Labute approximate surface area is 172 Å². The summed E-state index contributed by atoms with van der Waals surface area (Å²) in [5.41, 5.74) is 0. The molecule has 0 N–H and O–H groups in total. The standard InChI is InChI=1S/C18H45NO4Si4/c1-17-15-19(24(6,7)16-17)13-12-14-25(8,9)23-26(10,11)18(2)27(20-3,21-4)22-5/h17-18H,12-16H2,1-11H3. The lowest BCUT2D eigenvalue weighted by atomic mass is 10.2. The van der Waals surface area contributed by atoms with Gasteiger partial charge >= 0.3 is 8.80 Å². The summed E-state index contributed by atoms with van der Waals surface area (Å²) in [5, 5.41) is 0.197. The van der Waals surface area contributed by atoms with Gasteiger partial charge in [0.2, 0.25) is 0 Å². The van der Waals surface area contributed by atoms with E-state index in [4.69, 9.17) is 17.4 Å². The van der Waals surface area contributed by atoms with E-state index in [9.17, 15) is 0 Å². The molecule has 1 aliphatic rings. The number of hydrogen-bond acceptors (Lipinski definition) is 5. The third-order valence-corrected chi connectivity index (χ3v) is 24.1. The van der Waals surface area contributed by atoms with Crippen LogP contribution in [-0.2, 0) is 17.4 Å². The molecule has 27 heavy (non-hydrogen) atoms.